The third-order valence-corrected chi connectivity index (χ3v) is 4.73. The summed E-state index contributed by atoms with van der Waals surface area (Å²) < 4.78 is 0. The Kier molecular flexibility index (Phi) is 6.59. The molecule has 25 heavy (non-hydrogen) atoms. The maximum absolute atomic E-state index is 12.1. The summed E-state index contributed by atoms with van der Waals surface area (Å²) >= 11 is 0. The molecule has 2 unspecified atom stereocenters. The summed E-state index contributed by atoms with van der Waals surface area (Å²) in [6.45, 7) is 10.1. The fourth-order valence-corrected chi connectivity index (χ4v) is 3.05. The van der Waals surface area contributed by atoms with Gasteiger partial charge in [-0.25, -0.2) is 0 Å². The second-order valence-electron chi connectivity index (χ2n) is 7.89. The molecule has 1 saturated heterocycles. The minimum Gasteiger partial charge on any atom is -0.355 e. The number of rotatable bonds is 6. The molecule has 1 aromatic carbocycles. The second kappa shape index (κ2) is 8.48. The van der Waals surface area contributed by atoms with Gasteiger partial charge in [-0.3, -0.25) is 14.5 Å². The number of carbonyl (C=O) groups is 2. The molecule has 0 saturated carbocycles. The van der Waals surface area contributed by atoms with Gasteiger partial charge >= 0.3 is 0 Å². The Morgan fingerprint density at radius 2 is 1.92 bits per heavy atom. The van der Waals surface area contributed by atoms with Crippen molar-refractivity contribution in [1.82, 2.24) is 15.5 Å². The van der Waals surface area contributed by atoms with E-state index in [0.29, 0.717) is 19.0 Å². The van der Waals surface area contributed by atoms with Gasteiger partial charge in [-0.15, -0.1) is 0 Å². The van der Waals surface area contributed by atoms with E-state index < -0.39 is 5.41 Å². The van der Waals surface area contributed by atoms with Crippen LogP contribution in [0.15, 0.2) is 30.3 Å². The third kappa shape index (κ3) is 5.85. The Morgan fingerprint density at radius 3 is 2.56 bits per heavy atom. The molecule has 2 atom stereocenters. The molecule has 1 heterocycles. The van der Waals surface area contributed by atoms with E-state index in [1.54, 1.807) is 0 Å². The molecule has 2 rings (SSSR count). The minimum atomic E-state index is -0.421. The van der Waals surface area contributed by atoms with Crippen molar-refractivity contribution in [2.75, 3.05) is 19.6 Å². The fourth-order valence-electron chi connectivity index (χ4n) is 3.05. The number of likely N-dealkylation sites (tertiary alicyclic amines) is 1. The van der Waals surface area contributed by atoms with Gasteiger partial charge in [0.2, 0.25) is 11.8 Å². The van der Waals surface area contributed by atoms with Gasteiger partial charge in [0.05, 0.1) is 0 Å². The van der Waals surface area contributed by atoms with Crippen LogP contribution in [0.4, 0.5) is 0 Å². The molecule has 138 valence electrons. The van der Waals surface area contributed by atoms with Crippen LogP contribution in [-0.4, -0.2) is 42.4 Å². The molecule has 0 aliphatic carbocycles. The lowest BCUT2D eigenvalue weighted by atomic mass is 9.96. The molecule has 0 aromatic heterocycles. The van der Waals surface area contributed by atoms with Crippen molar-refractivity contribution < 1.29 is 9.59 Å². The molecule has 1 aliphatic rings. The smallest absolute Gasteiger partial charge is 0.225 e. The molecular formula is C20H31N3O2. The Morgan fingerprint density at radius 1 is 1.24 bits per heavy atom. The maximum Gasteiger partial charge on any atom is 0.225 e. The molecule has 0 radical (unpaired) electrons. The molecule has 5 heteroatoms. The largest absolute Gasteiger partial charge is 0.355 e. The lowest BCUT2D eigenvalue weighted by Gasteiger charge is -2.24. The summed E-state index contributed by atoms with van der Waals surface area (Å²) in [5, 5.41) is 5.91. The highest BCUT2D eigenvalue weighted by atomic mass is 16.2. The monoisotopic (exact) mass is 345 g/mol. The topological polar surface area (TPSA) is 61.4 Å². The average Bonchev–Trinajstić information content (AvgIpc) is 3.02. The first-order valence-electron chi connectivity index (χ1n) is 9.14. The van der Waals surface area contributed by atoms with Crippen LogP contribution in [0.1, 0.15) is 52.1 Å². The average molecular weight is 345 g/mol. The van der Waals surface area contributed by atoms with E-state index in [0.717, 1.165) is 19.5 Å². The zero-order chi connectivity index (χ0) is 18.4. The van der Waals surface area contributed by atoms with Gasteiger partial charge in [0.25, 0.3) is 0 Å². The Balaban J connectivity index is 1.72. The fraction of sp³-hybridized carbons (Fsp3) is 0.600. The van der Waals surface area contributed by atoms with Crippen molar-refractivity contribution in [2.45, 2.75) is 52.6 Å². The lowest BCUT2D eigenvalue weighted by Crippen LogP contribution is -2.40. The lowest BCUT2D eigenvalue weighted by molar-refractivity contribution is -0.128. The van der Waals surface area contributed by atoms with Crippen LogP contribution in [-0.2, 0) is 9.59 Å². The van der Waals surface area contributed by atoms with Gasteiger partial charge in [0.1, 0.15) is 0 Å². The van der Waals surface area contributed by atoms with Crippen LogP contribution in [0, 0.1) is 5.41 Å². The number of benzene rings is 1. The van der Waals surface area contributed by atoms with Gasteiger partial charge in [0, 0.05) is 43.6 Å². The highest BCUT2D eigenvalue weighted by Gasteiger charge is 2.27. The van der Waals surface area contributed by atoms with Gasteiger partial charge in [-0.2, -0.15) is 0 Å². The normalized spacial score (nSPS) is 19.4. The molecule has 1 fully saturated rings. The number of nitrogens with one attached hydrogen (secondary N) is 2. The Bertz CT molecular complexity index is 580. The maximum atomic E-state index is 12.1. The van der Waals surface area contributed by atoms with E-state index in [9.17, 15) is 9.59 Å². The van der Waals surface area contributed by atoms with Crippen LogP contribution in [0.25, 0.3) is 0 Å². The van der Waals surface area contributed by atoms with Crippen molar-refractivity contribution in [3.8, 4) is 0 Å². The highest BCUT2D eigenvalue weighted by Crippen LogP contribution is 2.24. The third-order valence-electron chi connectivity index (χ3n) is 4.73. The van der Waals surface area contributed by atoms with Gasteiger partial charge < -0.3 is 10.6 Å². The van der Waals surface area contributed by atoms with E-state index >= 15 is 0 Å². The summed E-state index contributed by atoms with van der Waals surface area (Å²) in [5.74, 6) is -0.0162. The van der Waals surface area contributed by atoms with Crippen LogP contribution in [0.5, 0.6) is 0 Å². The first-order chi connectivity index (χ1) is 11.8. The number of nitrogens with zero attached hydrogens (tertiary/aromatic N) is 1. The molecule has 1 aliphatic heterocycles. The predicted molar refractivity (Wildman–Crippen MR) is 100 cm³/mol. The summed E-state index contributed by atoms with van der Waals surface area (Å²) in [6, 6.07) is 11.0. The number of hydrogen-bond donors (Lipinski definition) is 2. The van der Waals surface area contributed by atoms with Crippen molar-refractivity contribution in [1.29, 1.82) is 0 Å². The number of carbonyl (C=O) groups excluding carboxylic acids is 2. The van der Waals surface area contributed by atoms with Crippen molar-refractivity contribution in [2.24, 2.45) is 5.41 Å². The zero-order valence-electron chi connectivity index (χ0n) is 15.8. The zero-order valence-corrected chi connectivity index (χ0v) is 15.8. The minimum absolute atomic E-state index is 0.00780. The van der Waals surface area contributed by atoms with E-state index in [-0.39, 0.29) is 17.9 Å². The highest BCUT2D eigenvalue weighted by molar-refractivity contribution is 5.82. The standard InChI is InChI=1S/C20H31N3O2/c1-15(16-8-6-5-7-9-16)23-13-11-17(14-23)22-18(24)10-12-21-19(25)20(2,3)4/h5-9,15,17H,10-14H2,1-4H3,(H,21,25)(H,22,24). The summed E-state index contributed by atoms with van der Waals surface area (Å²) in [5.41, 5.74) is 0.884. The van der Waals surface area contributed by atoms with E-state index in [2.05, 4.69) is 46.7 Å². The second-order valence-corrected chi connectivity index (χ2v) is 7.89. The first kappa shape index (κ1) is 19.4. The SMILES string of the molecule is CC(c1ccccc1)N1CCC(NC(=O)CCNC(=O)C(C)(C)C)C1. The van der Waals surface area contributed by atoms with Gasteiger partial charge in [-0.05, 0) is 18.9 Å². The molecule has 5 nitrogen and oxygen atoms in total. The molecule has 2 amide bonds. The molecular weight excluding hydrogens is 314 g/mol. The van der Waals surface area contributed by atoms with Crippen LogP contribution in [0.3, 0.4) is 0 Å². The summed E-state index contributed by atoms with van der Waals surface area (Å²) in [6.07, 6.45) is 1.30. The molecule has 1 aromatic rings. The summed E-state index contributed by atoms with van der Waals surface area (Å²) in [4.78, 5) is 26.3. The number of amides is 2. The van der Waals surface area contributed by atoms with Crippen molar-refractivity contribution >= 4 is 11.8 Å². The molecule has 2 N–H and O–H groups in total. The van der Waals surface area contributed by atoms with Gasteiger partial charge in [0.15, 0.2) is 0 Å². The van der Waals surface area contributed by atoms with Crippen LogP contribution >= 0.6 is 0 Å². The predicted octanol–water partition coefficient (Wildman–Crippen LogP) is 2.49. The van der Waals surface area contributed by atoms with Crippen molar-refractivity contribution in [3.05, 3.63) is 35.9 Å². The Labute approximate surface area is 151 Å². The molecule has 0 spiro atoms. The van der Waals surface area contributed by atoms with E-state index in [1.165, 1.54) is 5.56 Å². The number of hydrogen-bond acceptors (Lipinski definition) is 3. The first-order valence-corrected chi connectivity index (χ1v) is 9.14. The van der Waals surface area contributed by atoms with E-state index in [4.69, 9.17) is 0 Å². The van der Waals surface area contributed by atoms with Crippen LogP contribution in [0.2, 0.25) is 0 Å². The Hall–Kier alpha value is -1.88. The summed E-state index contributed by atoms with van der Waals surface area (Å²) in [7, 11) is 0. The molecule has 0 bridgehead atoms. The van der Waals surface area contributed by atoms with Crippen molar-refractivity contribution in [3.63, 3.8) is 0 Å². The van der Waals surface area contributed by atoms with Gasteiger partial charge in [-0.1, -0.05) is 51.1 Å². The quantitative estimate of drug-likeness (QED) is 0.833. The van der Waals surface area contributed by atoms with E-state index in [1.807, 2.05) is 26.8 Å². The van der Waals surface area contributed by atoms with Crippen LogP contribution < -0.4 is 10.6 Å².